The lowest BCUT2D eigenvalue weighted by Crippen LogP contribution is -2.30. The maximum atomic E-state index is 6.03. The second-order valence-electron chi connectivity index (χ2n) is 7.08. The van der Waals surface area contributed by atoms with E-state index in [1.165, 1.54) is 63.0 Å². The summed E-state index contributed by atoms with van der Waals surface area (Å²) >= 11 is 0. The maximum Gasteiger partial charge on any atom is 0.193 e. The molecule has 1 heterocycles. The molecule has 1 saturated heterocycles. The molecule has 1 fully saturated rings. The van der Waals surface area contributed by atoms with Gasteiger partial charge in [0, 0.05) is 25.3 Å². The topological polar surface area (TPSA) is 56.9 Å². The lowest BCUT2D eigenvalue weighted by atomic mass is 10.1. The minimum Gasteiger partial charge on any atom is -0.370 e. The Hall–Kier alpha value is -0.860. The monoisotopic (exact) mass is 457 g/mol. The minimum absolute atomic E-state index is 0. The normalized spacial score (nSPS) is 19.2. The van der Waals surface area contributed by atoms with Crippen LogP contribution in [0.3, 0.4) is 0 Å². The summed E-state index contributed by atoms with van der Waals surface area (Å²) in [6, 6.07) is 6.55. The molecule has 0 atom stereocenters. The largest absolute Gasteiger partial charge is 0.370 e. The zero-order valence-electron chi connectivity index (χ0n) is 15.3. The molecule has 1 aliphatic heterocycles. The molecular weight excluding hydrogens is 425 g/mol. The van der Waals surface area contributed by atoms with Crippen LogP contribution in [0.2, 0.25) is 0 Å². The lowest BCUT2D eigenvalue weighted by molar-refractivity contribution is 0.275. The third kappa shape index (κ3) is 6.42. The first-order chi connectivity index (χ1) is 11.7. The van der Waals surface area contributed by atoms with Crippen LogP contribution in [-0.2, 0) is 12.8 Å². The number of aryl methyl sites for hydroxylation is 2. The first-order valence-electron chi connectivity index (χ1n) is 9.30. The average Bonchev–Trinajstić information content (AvgIpc) is 2.93. The molecule has 0 aromatic heterocycles. The van der Waals surface area contributed by atoms with Crippen molar-refractivity contribution in [2.75, 3.05) is 51.6 Å². The van der Waals surface area contributed by atoms with Gasteiger partial charge in [-0.25, -0.2) is 0 Å². The van der Waals surface area contributed by atoms with Crippen molar-refractivity contribution in [3.63, 3.8) is 0 Å². The van der Waals surface area contributed by atoms with Gasteiger partial charge < -0.3 is 20.9 Å². The number of benzene rings is 1. The van der Waals surface area contributed by atoms with E-state index < -0.39 is 0 Å². The second kappa shape index (κ2) is 10.3. The van der Waals surface area contributed by atoms with Gasteiger partial charge in [-0.1, -0.05) is 6.07 Å². The van der Waals surface area contributed by atoms with Gasteiger partial charge in [-0.15, -0.1) is 24.0 Å². The van der Waals surface area contributed by atoms with E-state index in [2.05, 4.69) is 45.4 Å². The van der Waals surface area contributed by atoms with Crippen molar-refractivity contribution in [2.45, 2.75) is 32.1 Å². The number of anilines is 1. The number of nitrogens with two attached hydrogens (primary N) is 1. The van der Waals surface area contributed by atoms with Crippen LogP contribution in [0, 0.1) is 0 Å². The summed E-state index contributed by atoms with van der Waals surface area (Å²) in [6.45, 7) is 6.66. The summed E-state index contributed by atoms with van der Waals surface area (Å²) in [7, 11) is 2.21. The molecule has 0 radical (unpaired) electrons. The van der Waals surface area contributed by atoms with E-state index in [0.29, 0.717) is 5.96 Å². The summed E-state index contributed by atoms with van der Waals surface area (Å²) in [6.07, 6.45) is 6.01. The second-order valence-corrected chi connectivity index (χ2v) is 7.08. The molecule has 1 aliphatic carbocycles. The molecule has 0 spiro atoms. The first kappa shape index (κ1) is 20.5. The number of aliphatic imine (C=N–C) groups is 1. The van der Waals surface area contributed by atoms with Gasteiger partial charge in [-0.3, -0.25) is 4.99 Å². The number of nitrogens with zero attached hydrogens (tertiary/aromatic N) is 3. The van der Waals surface area contributed by atoms with Gasteiger partial charge in [0.15, 0.2) is 5.96 Å². The van der Waals surface area contributed by atoms with E-state index >= 15 is 0 Å². The Labute approximate surface area is 169 Å². The average molecular weight is 457 g/mol. The molecule has 1 aromatic rings. The number of nitrogens with one attached hydrogen (secondary N) is 1. The predicted molar refractivity (Wildman–Crippen MR) is 117 cm³/mol. The fourth-order valence-corrected chi connectivity index (χ4v) is 3.65. The molecule has 0 amide bonds. The highest BCUT2D eigenvalue weighted by atomic mass is 127. The highest BCUT2D eigenvalue weighted by molar-refractivity contribution is 14.0. The van der Waals surface area contributed by atoms with Crippen LogP contribution >= 0.6 is 24.0 Å². The van der Waals surface area contributed by atoms with Crippen molar-refractivity contribution < 1.29 is 0 Å². The number of hydrogen-bond donors (Lipinski definition) is 2. The molecule has 25 heavy (non-hydrogen) atoms. The van der Waals surface area contributed by atoms with Gasteiger partial charge in [0.2, 0.25) is 0 Å². The van der Waals surface area contributed by atoms with E-state index in [9.17, 15) is 0 Å². The van der Waals surface area contributed by atoms with Crippen LogP contribution in [0.4, 0.5) is 5.69 Å². The number of halogens is 1. The van der Waals surface area contributed by atoms with Crippen molar-refractivity contribution in [1.82, 2.24) is 9.80 Å². The number of likely N-dealkylation sites (N-methyl/N-ethyl adjacent to an activating group) is 1. The van der Waals surface area contributed by atoms with Crippen LogP contribution in [-0.4, -0.2) is 62.1 Å². The van der Waals surface area contributed by atoms with Crippen molar-refractivity contribution >= 4 is 35.6 Å². The third-order valence-corrected chi connectivity index (χ3v) is 5.10. The highest BCUT2D eigenvalue weighted by Crippen LogP contribution is 2.24. The van der Waals surface area contributed by atoms with E-state index in [1.54, 1.807) is 0 Å². The predicted octanol–water partition coefficient (Wildman–Crippen LogP) is 2.55. The van der Waals surface area contributed by atoms with E-state index in [1.807, 2.05) is 0 Å². The molecule has 6 heteroatoms. The van der Waals surface area contributed by atoms with Gasteiger partial charge in [-0.2, -0.15) is 0 Å². The molecule has 5 nitrogen and oxygen atoms in total. The van der Waals surface area contributed by atoms with Crippen LogP contribution < -0.4 is 11.1 Å². The van der Waals surface area contributed by atoms with Crippen molar-refractivity contribution in [3.05, 3.63) is 29.3 Å². The van der Waals surface area contributed by atoms with Crippen molar-refractivity contribution in [1.29, 1.82) is 0 Å². The number of fused-ring (bicyclic) bond motifs is 1. The fraction of sp³-hybridized carbons (Fsp3) is 0.632. The Balaban J connectivity index is 0.00000225. The zero-order chi connectivity index (χ0) is 16.8. The molecule has 1 aromatic carbocycles. The maximum absolute atomic E-state index is 6.03. The third-order valence-electron chi connectivity index (χ3n) is 5.10. The van der Waals surface area contributed by atoms with Gasteiger partial charge in [0.25, 0.3) is 0 Å². The van der Waals surface area contributed by atoms with E-state index in [0.717, 1.165) is 25.2 Å². The Morgan fingerprint density at radius 1 is 1.12 bits per heavy atom. The molecule has 0 bridgehead atoms. The van der Waals surface area contributed by atoms with Gasteiger partial charge >= 0.3 is 0 Å². The summed E-state index contributed by atoms with van der Waals surface area (Å²) in [5.41, 5.74) is 10.0. The van der Waals surface area contributed by atoms with Gasteiger partial charge in [-0.05, 0) is 82.0 Å². The SMILES string of the molecule is CN1CCCN(CCCN=C(N)Nc2ccc3c(c2)CCC3)CC1.I. The van der Waals surface area contributed by atoms with Crippen molar-refractivity contribution in [3.8, 4) is 0 Å². The zero-order valence-corrected chi connectivity index (χ0v) is 17.7. The summed E-state index contributed by atoms with van der Waals surface area (Å²) < 4.78 is 0. The van der Waals surface area contributed by atoms with Crippen LogP contribution in [0.25, 0.3) is 0 Å². The lowest BCUT2D eigenvalue weighted by Gasteiger charge is -2.19. The molecule has 0 unspecified atom stereocenters. The first-order valence-corrected chi connectivity index (χ1v) is 9.30. The fourth-order valence-electron chi connectivity index (χ4n) is 3.65. The molecule has 0 saturated carbocycles. The molecule has 3 N–H and O–H groups in total. The summed E-state index contributed by atoms with van der Waals surface area (Å²) in [4.78, 5) is 9.44. The van der Waals surface area contributed by atoms with Crippen LogP contribution in [0.1, 0.15) is 30.4 Å². The van der Waals surface area contributed by atoms with Gasteiger partial charge in [0.05, 0.1) is 0 Å². The van der Waals surface area contributed by atoms with E-state index in [-0.39, 0.29) is 24.0 Å². The number of hydrogen-bond acceptors (Lipinski definition) is 3. The molecule has 140 valence electrons. The number of guanidine groups is 1. The highest BCUT2D eigenvalue weighted by Gasteiger charge is 2.12. The quantitative estimate of drug-likeness (QED) is 0.309. The number of rotatable bonds is 5. The van der Waals surface area contributed by atoms with E-state index in [4.69, 9.17) is 5.73 Å². The smallest absolute Gasteiger partial charge is 0.193 e. The van der Waals surface area contributed by atoms with Crippen molar-refractivity contribution in [2.24, 2.45) is 10.7 Å². The Morgan fingerprint density at radius 3 is 2.84 bits per heavy atom. The molecular formula is C19H32IN5. The summed E-state index contributed by atoms with van der Waals surface area (Å²) in [5, 5.41) is 3.23. The minimum atomic E-state index is 0. The standard InChI is InChI=1S/C19H31N5.HI/c1-23-10-4-12-24(14-13-23)11-3-9-21-19(20)22-18-8-7-16-5-2-6-17(16)15-18;/h7-8,15H,2-6,9-14H2,1H3,(H3,20,21,22);1H. The van der Waals surface area contributed by atoms with Crippen LogP contribution in [0.15, 0.2) is 23.2 Å². The Morgan fingerprint density at radius 2 is 1.96 bits per heavy atom. The molecule has 2 aliphatic rings. The van der Waals surface area contributed by atoms with Gasteiger partial charge in [0.1, 0.15) is 0 Å². The van der Waals surface area contributed by atoms with Crippen LogP contribution in [0.5, 0.6) is 0 Å². The molecule has 3 rings (SSSR count). The Bertz CT molecular complexity index is 575. The Kier molecular flexibility index (Phi) is 8.45. The summed E-state index contributed by atoms with van der Waals surface area (Å²) in [5.74, 6) is 0.531.